The van der Waals surface area contributed by atoms with Crippen LogP contribution < -0.4 is 10.1 Å². The third kappa shape index (κ3) is 8.05. The number of carbonyl (C=O) groups is 1. The van der Waals surface area contributed by atoms with Crippen LogP contribution in [0.25, 0.3) is 17.0 Å². The van der Waals surface area contributed by atoms with Gasteiger partial charge in [0.2, 0.25) is 5.91 Å². The SMILES string of the molecule is COCCOCOc1ccc(/C=C/C=C/C(=O)NCCN2CCC(c3c[nH]c4ccccc34)CC2)cc1C. The standard InChI is InChI=1S/C31H39N3O4/c1-24-21-25(11-12-30(24)38-23-37-20-19-36-2)7-3-6-10-31(35)32-15-18-34-16-13-26(14-17-34)28-22-33-29-9-5-4-8-27(28)29/h3-12,21-22,26,33H,13-20,23H2,1-2H3,(H,32,35)/b7-3+,10-6+. The Morgan fingerprint density at radius 3 is 2.79 bits per heavy atom. The molecule has 202 valence electrons. The minimum absolute atomic E-state index is 0.0725. The van der Waals surface area contributed by atoms with E-state index in [9.17, 15) is 4.79 Å². The predicted octanol–water partition coefficient (Wildman–Crippen LogP) is 5.04. The van der Waals surface area contributed by atoms with E-state index in [0.29, 0.717) is 25.7 Å². The maximum Gasteiger partial charge on any atom is 0.244 e. The van der Waals surface area contributed by atoms with Crippen LogP contribution in [0, 0.1) is 6.92 Å². The summed E-state index contributed by atoms with van der Waals surface area (Å²) in [5.74, 6) is 1.31. The summed E-state index contributed by atoms with van der Waals surface area (Å²) in [7, 11) is 1.64. The minimum Gasteiger partial charge on any atom is -0.467 e. The number of ether oxygens (including phenoxy) is 3. The van der Waals surface area contributed by atoms with Gasteiger partial charge in [-0.1, -0.05) is 42.5 Å². The Kier molecular flexibility index (Phi) is 10.6. The van der Waals surface area contributed by atoms with E-state index in [-0.39, 0.29) is 12.7 Å². The van der Waals surface area contributed by atoms with Gasteiger partial charge >= 0.3 is 0 Å². The van der Waals surface area contributed by atoms with Crippen molar-refractivity contribution >= 4 is 22.9 Å². The van der Waals surface area contributed by atoms with E-state index < -0.39 is 0 Å². The van der Waals surface area contributed by atoms with Crippen LogP contribution in [0.3, 0.4) is 0 Å². The Balaban J connectivity index is 1.12. The lowest BCUT2D eigenvalue weighted by molar-refractivity contribution is -0.116. The number of nitrogens with zero attached hydrogens (tertiary/aromatic N) is 1. The number of H-pyrrole nitrogens is 1. The summed E-state index contributed by atoms with van der Waals surface area (Å²) in [5, 5.41) is 4.34. The molecule has 1 amide bonds. The number of carbonyl (C=O) groups excluding carboxylic acids is 1. The molecule has 1 aromatic heterocycles. The number of para-hydroxylation sites is 1. The Morgan fingerprint density at radius 1 is 1.13 bits per heavy atom. The van der Waals surface area contributed by atoms with Crippen LogP contribution in [0.2, 0.25) is 0 Å². The highest BCUT2D eigenvalue weighted by Gasteiger charge is 2.22. The molecule has 0 radical (unpaired) electrons. The lowest BCUT2D eigenvalue weighted by Gasteiger charge is -2.31. The number of methoxy groups -OCH3 is 1. The highest BCUT2D eigenvalue weighted by atomic mass is 16.7. The van der Waals surface area contributed by atoms with Crippen molar-refractivity contribution in [3.05, 3.63) is 83.6 Å². The van der Waals surface area contributed by atoms with Crippen LogP contribution in [0.15, 0.2) is 66.9 Å². The third-order valence-electron chi connectivity index (χ3n) is 6.95. The van der Waals surface area contributed by atoms with Crippen LogP contribution in [-0.4, -0.2) is 69.1 Å². The molecule has 7 nitrogen and oxygen atoms in total. The van der Waals surface area contributed by atoms with Crippen LogP contribution in [0.5, 0.6) is 5.75 Å². The first-order valence-corrected chi connectivity index (χ1v) is 13.3. The zero-order chi connectivity index (χ0) is 26.6. The largest absolute Gasteiger partial charge is 0.467 e. The van der Waals surface area contributed by atoms with Gasteiger partial charge < -0.3 is 29.4 Å². The smallest absolute Gasteiger partial charge is 0.244 e. The van der Waals surface area contributed by atoms with E-state index in [1.54, 1.807) is 19.3 Å². The number of nitrogens with one attached hydrogen (secondary N) is 2. The van der Waals surface area contributed by atoms with Crippen molar-refractivity contribution in [2.45, 2.75) is 25.7 Å². The van der Waals surface area contributed by atoms with Crippen molar-refractivity contribution in [2.75, 3.05) is 53.3 Å². The predicted molar refractivity (Wildman–Crippen MR) is 152 cm³/mol. The van der Waals surface area contributed by atoms with Gasteiger partial charge in [-0.2, -0.15) is 0 Å². The first-order chi connectivity index (χ1) is 18.6. The van der Waals surface area contributed by atoms with Gasteiger partial charge in [-0.3, -0.25) is 4.79 Å². The molecule has 0 saturated carbocycles. The second kappa shape index (κ2) is 14.5. The summed E-state index contributed by atoms with van der Waals surface area (Å²) < 4.78 is 15.9. The number of amides is 1. The first kappa shape index (κ1) is 27.6. The zero-order valence-corrected chi connectivity index (χ0v) is 22.4. The number of rotatable bonds is 13. The number of likely N-dealkylation sites (tertiary alicyclic amines) is 1. The molecular formula is C31H39N3O4. The van der Waals surface area contributed by atoms with Gasteiger partial charge in [0.05, 0.1) is 13.2 Å². The molecule has 0 unspecified atom stereocenters. The van der Waals surface area contributed by atoms with Gasteiger partial charge in [0.25, 0.3) is 0 Å². The number of aromatic amines is 1. The zero-order valence-electron chi connectivity index (χ0n) is 22.4. The van der Waals surface area contributed by atoms with Crippen molar-refractivity contribution < 1.29 is 19.0 Å². The summed E-state index contributed by atoms with van der Waals surface area (Å²) >= 11 is 0. The van der Waals surface area contributed by atoms with E-state index in [0.717, 1.165) is 49.4 Å². The van der Waals surface area contributed by atoms with Crippen molar-refractivity contribution in [1.29, 1.82) is 0 Å². The van der Waals surface area contributed by atoms with E-state index >= 15 is 0 Å². The van der Waals surface area contributed by atoms with E-state index in [1.165, 1.54) is 16.5 Å². The molecule has 38 heavy (non-hydrogen) atoms. The molecule has 1 fully saturated rings. The van der Waals surface area contributed by atoms with Crippen LogP contribution in [-0.2, 0) is 14.3 Å². The quantitative estimate of drug-likeness (QED) is 0.144. The Bertz CT molecular complexity index is 1220. The number of aryl methyl sites for hydroxylation is 1. The van der Waals surface area contributed by atoms with Crippen molar-refractivity contribution in [1.82, 2.24) is 15.2 Å². The van der Waals surface area contributed by atoms with E-state index in [4.69, 9.17) is 14.2 Å². The average Bonchev–Trinajstić information content (AvgIpc) is 3.37. The van der Waals surface area contributed by atoms with E-state index in [2.05, 4.69) is 45.7 Å². The molecule has 1 aliphatic heterocycles. The fraction of sp³-hybridized carbons (Fsp3) is 0.387. The molecule has 0 bridgehead atoms. The van der Waals surface area contributed by atoms with Gasteiger partial charge in [0, 0.05) is 43.4 Å². The fourth-order valence-electron chi connectivity index (χ4n) is 4.85. The molecule has 2 aromatic carbocycles. The highest BCUT2D eigenvalue weighted by Crippen LogP contribution is 2.32. The lowest BCUT2D eigenvalue weighted by atomic mass is 9.89. The summed E-state index contributed by atoms with van der Waals surface area (Å²) in [6.45, 7) is 6.88. The fourth-order valence-corrected chi connectivity index (χ4v) is 4.85. The Hall–Kier alpha value is -3.39. The average molecular weight is 518 g/mol. The summed E-state index contributed by atoms with van der Waals surface area (Å²) in [6.07, 6.45) is 11.7. The van der Waals surface area contributed by atoms with Crippen molar-refractivity contribution in [3.63, 3.8) is 0 Å². The number of piperidine rings is 1. The molecule has 1 saturated heterocycles. The van der Waals surface area contributed by atoms with Gasteiger partial charge in [-0.05, 0) is 73.7 Å². The molecule has 0 spiro atoms. The monoisotopic (exact) mass is 517 g/mol. The van der Waals surface area contributed by atoms with E-state index in [1.807, 2.05) is 37.3 Å². The number of allylic oxidation sites excluding steroid dienone is 2. The number of hydrogen-bond donors (Lipinski definition) is 2. The second-order valence-corrected chi connectivity index (χ2v) is 9.60. The van der Waals surface area contributed by atoms with Crippen LogP contribution in [0.4, 0.5) is 0 Å². The number of hydrogen-bond acceptors (Lipinski definition) is 5. The topological polar surface area (TPSA) is 75.8 Å². The summed E-state index contributed by atoms with van der Waals surface area (Å²) in [4.78, 5) is 18.0. The maximum absolute atomic E-state index is 12.2. The minimum atomic E-state index is -0.0725. The number of fused-ring (bicyclic) bond motifs is 1. The van der Waals surface area contributed by atoms with Gasteiger partial charge in [-0.15, -0.1) is 0 Å². The summed E-state index contributed by atoms with van der Waals surface area (Å²) in [6, 6.07) is 14.5. The molecule has 2 N–H and O–H groups in total. The van der Waals surface area contributed by atoms with Gasteiger partial charge in [0.15, 0.2) is 6.79 Å². The maximum atomic E-state index is 12.2. The van der Waals surface area contributed by atoms with Gasteiger partial charge in [-0.25, -0.2) is 0 Å². The van der Waals surface area contributed by atoms with Crippen LogP contribution in [0.1, 0.15) is 35.4 Å². The molecule has 2 heterocycles. The second-order valence-electron chi connectivity index (χ2n) is 9.60. The Labute approximate surface area is 225 Å². The third-order valence-corrected chi connectivity index (χ3v) is 6.95. The molecule has 1 aliphatic rings. The lowest BCUT2D eigenvalue weighted by Crippen LogP contribution is -2.38. The number of benzene rings is 2. The summed E-state index contributed by atoms with van der Waals surface area (Å²) in [5.41, 5.74) is 4.72. The molecular weight excluding hydrogens is 478 g/mol. The molecule has 3 aromatic rings. The molecule has 4 rings (SSSR count). The first-order valence-electron chi connectivity index (χ1n) is 13.3. The number of aromatic nitrogens is 1. The van der Waals surface area contributed by atoms with Gasteiger partial charge in [0.1, 0.15) is 5.75 Å². The Morgan fingerprint density at radius 2 is 1.97 bits per heavy atom. The van der Waals surface area contributed by atoms with Crippen molar-refractivity contribution in [2.24, 2.45) is 0 Å². The molecule has 0 atom stereocenters. The molecule has 7 heteroatoms. The molecule has 0 aliphatic carbocycles. The normalized spacial score (nSPS) is 15.1. The van der Waals surface area contributed by atoms with Crippen LogP contribution >= 0.6 is 0 Å². The van der Waals surface area contributed by atoms with Crippen molar-refractivity contribution in [3.8, 4) is 5.75 Å². The highest BCUT2D eigenvalue weighted by molar-refractivity contribution is 5.87.